The van der Waals surface area contributed by atoms with Crippen LogP contribution in [0.4, 0.5) is 5.69 Å². The SMILES string of the molecule is CN=C(N)Nc1cc(Cl)ccc1C. The van der Waals surface area contributed by atoms with Crippen LogP contribution in [-0.2, 0) is 0 Å². The minimum atomic E-state index is 0.380. The van der Waals surface area contributed by atoms with Crippen LogP contribution in [0.15, 0.2) is 23.2 Å². The summed E-state index contributed by atoms with van der Waals surface area (Å²) in [6, 6.07) is 5.57. The number of rotatable bonds is 1. The molecule has 13 heavy (non-hydrogen) atoms. The van der Waals surface area contributed by atoms with Crippen molar-refractivity contribution >= 4 is 23.2 Å². The second kappa shape index (κ2) is 4.14. The maximum Gasteiger partial charge on any atom is 0.192 e. The molecule has 0 saturated heterocycles. The van der Waals surface area contributed by atoms with Crippen molar-refractivity contribution in [3.8, 4) is 0 Å². The predicted octanol–water partition coefficient (Wildman–Crippen LogP) is 2.00. The van der Waals surface area contributed by atoms with E-state index in [1.165, 1.54) is 0 Å². The van der Waals surface area contributed by atoms with E-state index < -0.39 is 0 Å². The van der Waals surface area contributed by atoms with E-state index in [1.807, 2.05) is 25.1 Å². The van der Waals surface area contributed by atoms with Crippen molar-refractivity contribution in [3.05, 3.63) is 28.8 Å². The molecule has 0 saturated carbocycles. The zero-order valence-corrected chi connectivity index (χ0v) is 8.39. The lowest BCUT2D eigenvalue weighted by atomic mass is 10.2. The lowest BCUT2D eigenvalue weighted by Crippen LogP contribution is -2.22. The van der Waals surface area contributed by atoms with Crippen LogP contribution in [-0.4, -0.2) is 13.0 Å². The van der Waals surface area contributed by atoms with Crippen molar-refractivity contribution in [2.45, 2.75) is 6.92 Å². The Kier molecular flexibility index (Phi) is 3.14. The Hall–Kier alpha value is -1.22. The van der Waals surface area contributed by atoms with Gasteiger partial charge in [0.25, 0.3) is 0 Å². The fraction of sp³-hybridized carbons (Fsp3) is 0.222. The quantitative estimate of drug-likeness (QED) is 0.535. The highest BCUT2D eigenvalue weighted by molar-refractivity contribution is 6.31. The molecule has 0 amide bonds. The number of hydrogen-bond acceptors (Lipinski definition) is 1. The van der Waals surface area contributed by atoms with Crippen LogP contribution in [0.3, 0.4) is 0 Å². The summed E-state index contributed by atoms with van der Waals surface area (Å²) in [5.74, 6) is 0.380. The Morgan fingerprint density at radius 3 is 2.85 bits per heavy atom. The van der Waals surface area contributed by atoms with Gasteiger partial charge in [0.1, 0.15) is 0 Å². The number of anilines is 1. The van der Waals surface area contributed by atoms with Crippen molar-refractivity contribution < 1.29 is 0 Å². The monoisotopic (exact) mass is 197 g/mol. The smallest absolute Gasteiger partial charge is 0.192 e. The van der Waals surface area contributed by atoms with E-state index in [0.717, 1.165) is 11.3 Å². The predicted molar refractivity (Wildman–Crippen MR) is 57.4 cm³/mol. The molecule has 0 aliphatic carbocycles. The third-order valence-corrected chi connectivity index (χ3v) is 1.94. The average molecular weight is 198 g/mol. The molecule has 0 fully saturated rings. The van der Waals surface area contributed by atoms with E-state index in [0.29, 0.717) is 11.0 Å². The Balaban J connectivity index is 2.94. The summed E-state index contributed by atoms with van der Waals surface area (Å²) < 4.78 is 0. The highest BCUT2D eigenvalue weighted by atomic mass is 35.5. The van der Waals surface area contributed by atoms with E-state index >= 15 is 0 Å². The van der Waals surface area contributed by atoms with Crippen LogP contribution >= 0.6 is 11.6 Å². The van der Waals surface area contributed by atoms with Gasteiger partial charge in [0, 0.05) is 17.8 Å². The fourth-order valence-corrected chi connectivity index (χ4v) is 1.09. The number of benzene rings is 1. The minimum absolute atomic E-state index is 0.380. The molecule has 0 aliphatic rings. The van der Waals surface area contributed by atoms with Crippen LogP contribution in [0.25, 0.3) is 0 Å². The molecule has 0 heterocycles. The molecule has 3 N–H and O–H groups in total. The minimum Gasteiger partial charge on any atom is -0.370 e. The summed E-state index contributed by atoms with van der Waals surface area (Å²) in [5, 5.41) is 3.62. The second-order valence-electron chi connectivity index (χ2n) is 2.69. The maximum atomic E-state index is 5.82. The van der Waals surface area contributed by atoms with Gasteiger partial charge in [0.15, 0.2) is 5.96 Å². The van der Waals surface area contributed by atoms with Gasteiger partial charge in [0.2, 0.25) is 0 Å². The van der Waals surface area contributed by atoms with Crippen molar-refractivity contribution in [2.24, 2.45) is 10.7 Å². The van der Waals surface area contributed by atoms with Crippen molar-refractivity contribution in [1.29, 1.82) is 0 Å². The number of nitrogens with one attached hydrogen (secondary N) is 1. The number of aliphatic imine (C=N–C) groups is 1. The van der Waals surface area contributed by atoms with Crippen LogP contribution < -0.4 is 11.1 Å². The number of nitrogens with two attached hydrogens (primary N) is 1. The molecule has 3 nitrogen and oxygen atoms in total. The van der Waals surface area contributed by atoms with Crippen molar-refractivity contribution in [1.82, 2.24) is 0 Å². The molecule has 1 aromatic rings. The molecular formula is C9H12ClN3. The molecule has 0 aromatic heterocycles. The lowest BCUT2D eigenvalue weighted by Gasteiger charge is -2.08. The fourth-order valence-electron chi connectivity index (χ4n) is 0.923. The molecule has 0 radical (unpaired) electrons. The van der Waals surface area contributed by atoms with Crippen molar-refractivity contribution in [3.63, 3.8) is 0 Å². The Labute approximate surface area is 82.6 Å². The highest BCUT2D eigenvalue weighted by Crippen LogP contribution is 2.19. The second-order valence-corrected chi connectivity index (χ2v) is 3.13. The Morgan fingerprint density at radius 1 is 1.54 bits per heavy atom. The summed E-state index contributed by atoms with van der Waals surface area (Å²) >= 11 is 5.82. The summed E-state index contributed by atoms with van der Waals surface area (Å²) in [6.45, 7) is 1.97. The molecule has 0 unspecified atom stereocenters. The third kappa shape index (κ3) is 2.63. The van der Waals surface area contributed by atoms with Gasteiger partial charge < -0.3 is 11.1 Å². The number of guanidine groups is 1. The molecule has 0 aliphatic heterocycles. The van der Waals surface area contributed by atoms with E-state index in [4.69, 9.17) is 17.3 Å². The van der Waals surface area contributed by atoms with E-state index in [9.17, 15) is 0 Å². The van der Waals surface area contributed by atoms with Crippen LogP contribution in [0, 0.1) is 6.92 Å². The Bertz CT molecular complexity index is 334. The zero-order valence-electron chi connectivity index (χ0n) is 7.63. The van der Waals surface area contributed by atoms with Crippen molar-refractivity contribution in [2.75, 3.05) is 12.4 Å². The largest absolute Gasteiger partial charge is 0.370 e. The van der Waals surface area contributed by atoms with Gasteiger partial charge in [-0.2, -0.15) is 0 Å². The zero-order chi connectivity index (χ0) is 9.84. The molecule has 1 rings (SSSR count). The van der Waals surface area contributed by atoms with Gasteiger partial charge in [-0.05, 0) is 24.6 Å². The van der Waals surface area contributed by atoms with Gasteiger partial charge >= 0.3 is 0 Å². The molecule has 0 atom stereocenters. The summed E-state index contributed by atoms with van der Waals surface area (Å²) in [7, 11) is 1.63. The van der Waals surface area contributed by atoms with Gasteiger partial charge in [-0.15, -0.1) is 0 Å². The van der Waals surface area contributed by atoms with Gasteiger partial charge in [-0.3, -0.25) is 4.99 Å². The molecule has 0 bridgehead atoms. The summed E-state index contributed by atoms with van der Waals surface area (Å²) in [4.78, 5) is 3.79. The Morgan fingerprint density at radius 2 is 2.23 bits per heavy atom. The molecule has 0 spiro atoms. The summed E-state index contributed by atoms with van der Waals surface area (Å²) in [5.41, 5.74) is 7.48. The first-order chi connectivity index (χ1) is 6.13. The standard InChI is InChI=1S/C9H12ClN3/c1-6-3-4-7(10)5-8(6)13-9(11)12-2/h3-5H,1-2H3,(H3,11,12,13). The molecule has 70 valence electrons. The number of aryl methyl sites for hydroxylation is 1. The van der Waals surface area contributed by atoms with E-state index in [-0.39, 0.29) is 0 Å². The highest BCUT2D eigenvalue weighted by Gasteiger charge is 1.99. The third-order valence-electron chi connectivity index (χ3n) is 1.70. The number of hydrogen-bond donors (Lipinski definition) is 2. The first-order valence-electron chi connectivity index (χ1n) is 3.89. The summed E-state index contributed by atoms with van der Waals surface area (Å²) in [6.07, 6.45) is 0. The lowest BCUT2D eigenvalue weighted by molar-refractivity contribution is 1.36. The van der Waals surface area contributed by atoms with Crippen LogP contribution in [0.2, 0.25) is 5.02 Å². The molecule has 1 aromatic carbocycles. The molecule has 4 heteroatoms. The van der Waals surface area contributed by atoms with Crippen LogP contribution in [0.5, 0.6) is 0 Å². The van der Waals surface area contributed by atoms with E-state index in [1.54, 1.807) is 7.05 Å². The topological polar surface area (TPSA) is 50.4 Å². The van der Waals surface area contributed by atoms with Gasteiger partial charge in [-0.25, -0.2) is 0 Å². The number of nitrogens with zero attached hydrogens (tertiary/aromatic N) is 1. The van der Waals surface area contributed by atoms with E-state index in [2.05, 4.69) is 10.3 Å². The van der Waals surface area contributed by atoms with Crippen LogP contribution in [0.1, 0.15) is 5.56 Å². The van der Waals surface area contributed by atoms with Gasteiger partial charge in [0.05, 0.1) is 0 Å². The first kappa shape index (κ1) is 9.86. The average Bonchev–Trinajstić information content (AvgIpc) is 2.11. The normalized spacial score (nSPS) is 11.5. The number of halogens is 1. The van der Waals surface area contributed by atoms with Gasteiger partial charge in [-0.1, -0.05) is 17.7 Å². The molecular weight excluding hydrogens is 186 g/mol. The first-order valence-corrected chi connectivity index (χ1v) is 4.26. The maximum absolute atomic E-state index is 5.82.